The van der Waals surface area contributed by atoms with Crippen LogP contribution in [0.25, 0.3) is 11.1 Å². The molecule has 11 heteroatoms. The predicted octanol–water partition coefficient (Wildman–Crippen LogP) is 3.39. The molecule has 2 aromatic carbocycles. The van der Waals surface area contributed by atoms with Crippen LogP contribution in [0.1, 0.15) is 43.8 Å². The molecule has 176 valence electrons. The van der Waals surface area contributed by atoms with Gasteiger partial charge in [-0.1, -0.05) is 53.7 Å². The smallest absolute Gasteiger partial charge is 0.412 e. The van der Waals surface area contributed by atoms with E-state index in [1.54, 1.807) is 0 Å². The molecule has 11 nitrogen and oxygen atoms in total. The van der Waals surface area contributed by atoms with E-state index in [4.69, 9.17) is 14.4 Å². The van der Waals surface area contributed by atoms with Crippen LogP contribution in [-0.2, 0) is 11.3 Å². The number of aromatic nitrogens is 3. The van der Waals surface area contributed by atoms with Gasteiger partial charge in [0.05, 0.1) is 6.54 Å². The first-order chi connectivity index (χ1) is 17.0. The Morgan fingerprint density at radius 3 is 2.37 bits per heavy atom. The Morgan fingerprint density at radius 2 is 1.71 bits per heavy atom. The number of amides is 2. The maximum Gasteiger partial charge on any atom is 0.412 e. The molecule has 2 amide bonds. The number of ether oxygens (including phenoxy) is 1. The van der Waals surface area contributed by atoms with E-state index in [0.717, 1.165) is 22.3 Å². The second kappa shape index (κ2) is 9.14. The van der Waals surface area contributed by atoms with Gasteiger partial charge < -0.3 is 19.7 Å². The molecule has 1 aliphatic rings. The van der Waals surface area contributed by atoms with E-state index >= 15 is 0 Å². The predicted molar refractivity (Wildman–Crippen MR) is 122 cm³/mol. The second-order valence-corrected chi connectivity index (χ2v) is 7.78. The first-order valence-corrected chi connectivity index (χ1v) is 10.6. The van der Waals surface area contributed by atoms with Crippen molar-refractivity contribution in [2.75, 3.05) is 11.9 Å². The van der Waals surface area contributed by atoms with Crippen molar-refractivity contribution in [2.24, 2.45) is 0 Å². The first kappa shape index (κ1) is 21.9. The van der Waals surface area contributed by atoms with Crippen LogP contribution < -0.4 is 10.6 Å². The molecule has 4 aromatic rings. The summed E-state index contributed by atoms with van der Waals surface area (Å²) < 4.78 is 10.3. The summed E-state index contributed by atoms with van der Waals surface area (Å²) in [6.07, 6.45) is -0.701. The van der Waals surface area contributed by atoms with E-state index in [1.807, 2.05) is 36.4 Å². The molecule has 0 aliphatic heterocycles. The van der Waals surface area contributed by atoms with E-state index in [2.05, 4.69) is 38.1 Å². The number of nitrogens with one attached hydrogen (secondary N) is 3. The van der Waals surface area contributed by atoms with E-state index in [-0.39, 0.29) is 42.0 Å². The van der Waals surface area contributed by atoms with Crippen molar-refractivity contribution in [3.63, 3.8) is 0 Å². The van der Waals surface area contributed by atoms with Gasteiger partial charge in [0.1, 0.15) is 12.3 Å². The number of rotatable bonds is 7. The third-order valence-corrected chi connectivity index (χ3v) is 5.60. The van der Waals surface area contributed by atoms with Gasteiger partial charge in [0.2, 0.25) is 0 Å². The number of aromatic amines is 1. The Balaban J connectivity index is 1.16. The normalized spacial score (nSPS) is 12.0. The van der Waals surface area contributed by atoms with Gasteiger partial charge in [-0.2, -0.15) is 5.10 Å². The van der Waals surface area contributed by atoms with Crippen molar-refractivity contribution in [1.29, 1.82) is 0 Å². The first-order valence-electron chi connectivity index (χ1n) is 10.6. The topological polar surface area (TPSA) is 159 Å². The van der Waals surface area contributed by atoms with Gasteiger partial charge in [0, 0.05) is 18.1 Å². The van der Waals surface area contributed by atoms with Crippen LogP contribution in [0.3, 0.4) is 0 Å². The molecule has 2 aromatic heterocycles. The van der Waals surface area contributed by atoms with E-state index < -0.39 is 18.0 Å². The third-order valence-electron chi connectivity index (χ3n) is 5.60. The number of benzene rings is 2. The second-order valence-electron chi connectivity index (χ2n) is 7.78. The standard InChI is InChI=1S/C24H19N5O6/c30-22(25-11-13-9-20(23(31)32)29-35-13)19-10-21(28-27-19)26-24(33)34-12-18-16-7-3-1-5-14(16)15-6-2-4-8-17(15)18/h1-10,18H,11-12H2,(H,25,30)(H,31,32)(H2,26,27,28,33). The van der Waals surface area contributed by atoms with Gasteiger partial charge in [0.15, 0.2) is 17.3 Å². The Kier molecular flexibility index (Phi) is 5.71. The molecule has 0 saturated heterocycles. The highest BCUT2D eigenvalue weighted by Crippen LogP contribution is 2.44. The number of H-pyrrole nitrogens is 1. The van der Waals surface area contributed by atoms with E-state index in [1.165, 1.54) is 12.1 Å². The van der Waals surface area contributed by atoms with E-state index in [0.29, 0.717) is 0 Å². The van der Waals surface area contributed by atoms with Gasteiger partial charge >= 0.3 is 12.1 Å². The van der Waals surface area contributed by atoms with Crippen LogP contribution in [0.15, 0.2) is 65.2 Å². The van der Waals surface area contributed by atoms with Crippen molar-refractivity contribution >= 4 is 23.8 Å². The molecule has 2 heterocycles. The molecular formula is C24H19N5O6. The zero-order valence-corrected chi connectivity index (χ0v) is 18.1. The number of carbonyl (C=O) groups is 3. The molecule has 0 radical (unpaired) electrons. The number of carboxylic acids is 1. The number of anilines is 1. The molecule has 35 heavy (non-hydrogen) atoms. The summed E-state index contributed by atoms with van der Waals surface area (Å²) in [4.78, 5) is 35.5. The lowest BCUT2D eigenvalue weighted by Gasteiger charge is -2.14. The van der Waals surface area contributed by atoms with Gasteiger partial charge in [-0.05, 0) is 22.3 Å². The van der Waals surface area contributed by atoms with E-state index in [9.17, 15) is 14.4 Å². The van der Waals surface area contributed by atoms with Gasteiger partial charge in [0.25, 0.3) is 5.91 Å². The summed E-state index contributed by atoms with van der Waals surface area (Å²) in [6, 6.07) is 18.6. The summed E-state index contributed by atoms with van der Waals surface area (Å²) in [5, 5.41) is 23.7. The lowest BCUT2D eigenvalue weighted by atomic mass is 9.98. The molecule has 1 aliphatic carbocycles. The fourth-order valence-corrected chi connectivity index (χ4v) is 4.00. The Morgan fingerprint density at radius 1 is 1.03 bits per heavy atom. The van der Waals surface area contributed by atoms with Gasteiger partial charge in [-0.3, -0.25) is 15.2 Å². The highest BCUT2D eigenvalue weighted by atomic mass is 16.5. The highest BCUT2D eigenvalue weighted by molar-refractivity contribution is 5.94. The average molecular weight is 473 g/mol. The minimum atomic E-state index is -1.23. The summed E-state index contributed by atoms with van der Waals surface area (Å²) in [6.45, 7) is 0.0699. The zero-order chi connectivity index (χ0) is 24.4. The van der Waals surface area contributed by atoms with Crippen molar-refractivity contribution in [2.45, 2.75) is 12.5 Å². The fourth-order valence-electron chi connectivity index (χ4n) is 4.00. The van der Waals surface area contributed by atoms with Crippen LogP contribution in [0, 0.1) is 0 Å². The molecule has 0 bridgehead atoms. The number of carbonyl (C=O) groups excluding carboxylic acids is 2. The van der Waals surface area contributed by atoms with Crippen molar-refractivity contribution < 1.29 is 28.8 Å². The molecule has 0 fully saturated rings. The largest absolute Gasteiger partial charge is 0.476 e. The number of aromatic carboxylic acids is 1. The lowest BCUT2D eigenvalue weighted by Crippen LogP contribution is -2.23. The SMILES string of the molecule is O=C(Nc1cc(C(=O)NCc2cc(C(=O)O)no2)[nH]n1)OCC1c2ccccc2-c2ccccc21. The Bertz CT molecular complexity index is 1380. The fraction of sp³-hybridized carbons (Fsp3) is 0.125. The van der Waals surface area contributed by atoms with Gasteiger partial charge in [-0.15, -0.1) is 0 Å². The van der Waals surface area contributed by atoms with Crippen LogP contribution in [0.5, 0.6) is 0 Å². The summed E-state index contributed by atoms with van der Waals surface area (Å²) >= 11 is 0. The minimum absolute atomic E-state index is 0.0761. The molecule has 0 spiro atoms. The summed E-state index contributed by atoms with van der Waals surface area (Å²) in [7, 11) is 0. The Hall–Kier alpha value is -4.93. The van der Waals surface area contributed by atoms with Crippen molar-refractivity contribution in [3.05, 3.63) is 88.9 Å². The van der Waals surface area contributed by atoms with Crippen molar-refractivity contribution in [1.82, 2.24) is 20.7 Å². The summed E-state index contributed by atoms with van der Waals surface area (Å²) in [5.74, 6) is -1.56. The minimum Gasteiger partial charge on any atom is -0.476 e. The third kappa shape index (κ3) is 4.47. The number of fused-ring (bicyclic) bond motifs is 3. The number of carboxylic acid groups (broad SMARTS) is 1. The highest BCUT2D eigenvalue weighted by Gasteiger charge is 2.29. The molecule has 5 rings (SSSR count). The number of nitrogens with zero attached hydrogens (tertiary/aromatic N) is 2. The average Bonchev–Trinajstić information content (AvgIpc) is 3.59. The molecule has 0 atom stereocenters. The molecule has 0 saturated carbocycles. The lowest BCUT2D eigenvalue weighted by molar-refractivity contribution is 0.0685. The molecule has 0 unspecified atom stereocenters. The summed E-state index contributed by atoms with van der Waals surface area (Å²) in [5.41, 5.74) is 4.28. The molecule has 4 N–H and O–H groups in total. The zero-order valence-electron chi connectivity index (χ0n) is 18.1. The van der Waals surface area contributed by atoms with Gasteiger partial charge in [-0.25, -0.2) is 9.59 Å². The molecular weight excluding hydrogens is 454 g/mol. The van der Waals surface area contributed by atoms with Crippen molar-refractivity contribution in [3.8, 4) is 11.1 Å². The number of hydrogen-bond donors (Lipinski definition) is 4. The number of hydrogen-bond acceptors (Lipinski definition) is 7. The van der Waals surface area contributed by atoms with Crippen LogP contribution >= 0.6 is 0 Å². The quantitative estimate of drug-likeness (QED) is 0.318. The maximum absolute atomic E-state index is 12.4. The van der Waals surface area contributed by atoms with Crippen LogP contribution in [0.2, 0.25) is 0 Å². The van der Waals surface area contributed by atoms with Crippen LogP contribution in [-0.4, -0.2) is 45.0 Å². The monoisotopic (exact) mass is 473 g/mol. The Labute approximate surface area is 198 Å². The van der Waals surface area contributed by atoms with Crippen LogP contribution in [0.4, 0.5) is 10.6 Å². The maximum atomic E-state index is 12.4.